The lowest BCUT2D eigenvalue weighted by molar-refractivity contribution is 0.226. The van der Waals surface area contributed by atoms with Crippen molar-refractivity contribution in [2.45, 2.75) is 19.3 Å². The van der Waals surface area contributed by atoms with E-state index in [1.54, 1.807) is 0 Å². The molecule has 3 nitrogen and oxygen atoms in total. The van der Waals surface area contributed by atoms with Crippen LogP contribution in [-0.2, 0) is 6.42 Å². The van der Waals surface area contributed by atoms with Crippen LogP contribution >= 0.6 is 24.0 Å². The van der Waals surface area contributed by atoms with Crippen LogP contribution in [0.5, 0.6) is 5.75 Å². The molecule has 0 aliphatic carbocycles. The second-order valence-corrected chi connectivity index (χ2v) is 5.83. The highest BCUT2D eigenvalue weighted by atomic mass is 35.5. The summed E-state index contributed by atoms with van der Waals surface area (Å²) in [7, 11) is 0. The summed E-state index contributed by atoms with van der Waals surface area (Å²) in [5, 5.41) is 4.12. The van der Waals surface area contributed by atoms with E-state index in [2.05, 4.69) is 16.8 Å². The molecule has 5 heteroatoms. The molecule has 0 radical (unpaired) electrons. The van der Waals surface area contributed by atoms with Gasteiger partial charge in [-0.2, -0.15) is 0 Å². The SMILES string of the molecule is C=CCc1cc(Cl)ccc1OCCCCN1CCNCC1.Cl. The molecule has 2 rings (SSSR count). The van der Waals surface area contributed by atoms with Crippen molar-refractivity contribution in [2.75, 3.05) is 39.3 Å². The zero-order chi connectivity index (χ0) is 14.9. The van der Waals surface area contributed by atoms with E-state index in [4.69, 9.17) is 16.3 Å². The van der Waals surface area contributed by atoms with E-state index in [1.807, 2.05) is 24.3 Å². The molecule has 0 aromatic heterocycles. The maximum Gasteiger partial charge on any atom is 0.122 e. The molecule has 0 atom stereocenters. The summed E-state index contributed by atoms with van der Waals surface area (Å²) < 4.78 is 5.90. The van der Waals surface area contributed by atoms with E-state index >= 15 is 0 Å². The smallest absolute Gasteiger partial charge is 0.122 e. The highest BCUT2D eigenvalue weighted by Gasteiger charge is 2.08. The van der Waals surface area contributed by atoms with Gasteiger partial charge in [0.05, 0.1) is 6.61 Å². The summed E-state index contributed by atoms with van der Waals surface area (Å²) in [5.41, 5.74) is 1.11. The molecule has 1 aromatic rings. The predicted octanol–water partition coefficient (Wildman–Crippen LogP) is 3.55. The Bertz CT molecular complexity index is 448. The number of hydrogen-bond acceptors (Lipinski definition) is 3. The molecule has 1 saturated heterocycles. The van der Waals surface area contributed by atoms with Crippen LogP contribution in [0.4, 0.5) is 0 Å². The first-order chi connectivity index (χ1) is 10.3. The molecule has 1 aliphatic heterocycles. The summed E-state index contributed by atoms with van der Waals surface area (Å²) in [5.74, 6) is 0.932. The largest absolute Gasteiger partial charge is 0.493 e. The summed E-state index contributed by atoms with van der Waals surface area (Å²) in [6, 6.07) is 5.79. The van der Waals surface area contributed by atoms with Gasteiger partial charge in [0.15, 0.2) is 0 Å². The molecular weight excluding hydrogens is 319 g/mol. The number of nitrogens with one attached hydrogen (secondary N) is 1. The van der Waals surface area contributed by atoms with Gasteiger partial charge in [0.1, 0.15) is 5.75 Å². The number of unbranched alkanes of at least 4 members (excludes halogenated alkanes) is 1. The third-order valence-corrected chi connectivity index (χ3v) is 3.96. The van der Waals surface area contributed by atoms with Crippen LogP contribution in [0.3, 0.4) is 0 Å². The van der Waals surface area contributed by atoms with E-state index in [9.17, 15) is 0 Å². The fourth-order valence-corrected chi connectivity index (χ4v) is 2.75. The lowest BCUT2D eigenvalue weighted by atomic mass is 10.1. The van der Waals surface area contributed by atoms with E-state index < -0.39 is 0 Å². The van der Waals surface area contributed by atoms with Gasteiger partial charge in [-0.05, 0) is 49.6 Å². The molecule has 0 saturated carbocycles. The number of benzene rings is 1. The molecule has 1 fully saturated rings. The Morgan fingerprint density at radius 3 is 2.77 bits per heavy atom. The minimum absolute atomic E-state index is 0. The molecule has 1 heterocycles. The average molecular weight is 345 g/mol. The third kappa shape index (κ3) is 6.57. The molecule has 124 valence electrons. The Labute approximate surface area is 145 Å². The van der Waals surface area contributed by atoms with Crippen LogP contribution in [0.1, 0.15) is 18.4 Å². The summed E-state index contributed by atoms with van der Waals surface area (Å²) in [6.45, 7) is 10.3. The highest BCUT2D eigenvalue weighted by molar-refractivity contribution is 6.30. The Balaban J connectivity index is 0.00000242. The maximum atomic E-state index is 6.02. The van der Waals surface area contributed by atoms with Crippen molar-refractivity contribution in [3.63, 3.8) is 0 Å². The minimum atomic E-state index is 0. The van der Waals surface area contributed by atoms with E-state index in [1.165, 1.54) is 26.1 Å². The Morgan fingerprint density at radius 1 is 1.27 bits per heavy atom. The number of piperazine rings is 1. The molecule has 1 aliphatic rings. The number of rotatable bonds is 8. The van der Waals surface area contributed by atoms with Crippen molar-refractivity contribution >= 4 is 24.0 Å². The van der Waals surface area contributed by atoms with Crippen LogP contribution in [0.25, 0.3) is 0 Å². The Morgan fingerprint density at radius 2 is 2.05 bits per heavy atom. The molecule has 0 spiro atoms. The summed E-state index contributed by atoms with van der Waals surface area (Å²) in [4.78, 5) is 2.52. The van der Waals surface area contributed by atoms with Crippen LogP contribution in [0.2, 0.25) is 5.02 Å². The van der Waals surface area contributed by atoms with Crippen molar-refractivity contribution < 1.29 is 4.74 Å². The van der Waals surface area contributed by atoms with Gasteiger partial charge < -0.3 is 15.0 Å². The van der Waals surface area contributed by atoms with Crippen molar-refractivity contribution in [1.29, 1.82) is 0 Å². The second-order valence-electron chi connectivity index (χ2n) is 5.39. The molecule has 0 bridgehead atoms. The molecule has 22 heavy (non-hydrogen) atoms. The van der Waals surface area contributed by atoms with Crippen LogP contribution in [0, 0.1) is 0 Å². The first kappa shape index (κ1) is 19.3. The van der Waals surface area contributed by atoms with Crippen LogP contribution < -0.4 is 10.1 Å². The summed E-state index contributed by atoms with van der Waals surface area (Å²) in [6.07, 6.45) is 4.93. The standard InChI is InChI=1S/C17H25ClN2O.ClH/c1-2-5-15-14-16(18)6-7-17(15)21-13-4-3-10-20-11-8-19-9-12-20;/h2,6-7,14,19H,1,3-5,8-13H2;1H. The van der Waals surface area contributed by atoms with Gasteiger partial charge in [0.2, 0.25) is 0 Å². The average Bonchev–Trinajstić information content (AvgIpc) is 2.50. The minimum Gasteiger partial charge on any atom is -0.493 e. The van der Waals surface area contributed by atoms with Gasteiger partial charge in [0.25, 0.3) is 0 Å². The highest BCUT2D eigenvalue weighted by Crippen LogP contribution is 2.23. The van der Waals surface area contributed by atoms with Crippen LogP contribution in [-0.4, -0.2) is 44.2 Å². The lowest BCUT2D eigenvalue weighted by Crippen LogP contribution is -2.43. The molecule has 0 amide bonds. The molecule has 0 unspecified atom stereocenters. The zero-order valence-electron chi connectivity index (χ0n) is 13.0. The first-order valence-electron chi connectivity index (χ1n) is 7.75. The van der Waals surface area contributed by atoms with Gasteiger partial charge in [-0.3, -0.25) is 0 Å². The van der Waals surface area contributed by atoms with Gasteiger partial charge in [-0.25, -0.2) is 0 Å². The maximum absolute atomic E-state index is 6.02. The normalized spacial score (nSPS) is 15.1. The third-order valence-electron chi connectivity index (χ3n) is 3.72. The Hall–Kier alpha value is -0.740. The summed E-state index contributed by atoms with van der Waals surface area (Å²) >= 11 is 6.02. The molecular formula is C17H26Cl2N2O. The van der Waals surface area contributed by atoms with E-state index in [0.717, 1.165) is 48.9 Å². The van der Waals surface area contributed by atoms with Gasteiger partial charge >= 0.3 is 0 Å². The number of hydrogen-bond donors (Lipinski definition) is 1. The van der Waals surface area contributed by atoms with Gasteiger partial charge in [0, 0.05) is 31.2 Å². The fourth-order valence-electron chi connectivity index (χ4n) is 2.56. The molecule has 1 aromatic carbocycles. The zero-order valence-corrected chi connectivity index (χ0v) is 14.6. The predicted molar refractivity (Wildman–Crippen MR) is 96.6 cm³/mol. The van der Waals surface area contributed by atoms with Crippen molar-refractivity contribution in [2.24, 2.45) is 0 Å². The van der Waals surface area contributed by atoms with Crippen molar-refractivity contribution in [3.8, 4) is 5.75 Å². The van der Waals surface area contributed by atoms with E-state index in [0.29, 0.717) is 0 Å². The van der Waals surface area contributed by atoms with Gasteiger partial charge in [-0.1, -0.05) is 17.7 Å². The first-order valence-corrected chi connectivity index (χ1v) is 8.12. The number of allylic oxidation sites excluding steroid dienone is 1. The number of halogens is 2. The van der Waals surface area contributed by atoms with Crippen LogP contribution in [0.15, 0.2) is 30.9 Å². The molecule has 1 N–H and O–H groups in total. The number of ether oxygens (including phenoxy) is 1. The Kier molecular flexibility index (Phi) is 9.56. The topological polar surface area (TPSA) is 24.5 Å². The van der Waals surface area contributed by atoms with E-state index in [-0.39, 0.29) is 12.4 Å². The quantitative estimate of drug-likeness (QED) is 0.576. The monoisotopic (exact) mass is 344 g/mol. The van der Waals surface area contributed by atoms with Crippen molar-refractivity contribution in [3.05, 3.63) is 41.4 Å². The van der Waals surface area contributed by atoms with Gasteiger partial charge in [-0.15, -0.1) is 19.0 Å². The lowest BCUT2D eigenvalue weighted by Gasteiger charge is -2.27. The van der Waals surface area contributed by atoms with Crippen molar-refractivity contribution in [1.82, 2.24) is 10.2 Å². The number of nitrogens with zero attached hydrogens (tertiary/aromatic N) is 1. The fraction of sp³-hybridized carbons (Fsp3) is 0.529. The second kappa shape index (κ2) is 10.9.